The molecule has 3 aliphatic rings. The quantitative estimate of drug-likeness (QED) is 0.660. The SMILES string of the molecule is O=c1cc2n(cc1O)CCN(CC(CC1CCCCCC1)C1CCCCCC1)CC2. The summed E-state index contributed by atoms with van der Waals surface area (Å²) in [5, 5.41) is 9.83. The fourth-order valence-corrected chi connectivity index (χ4v) is 6.40. The third-order valence-corrected chi connectivity index (χ3v) is 8.21. The van der Waals surface area contributed by atoms with E-state index in [4.69, 9.17) is 0 Å². The molecule has 0 saturated heterocycles. The van der Waals surface area contributed by atoms with Crippen molar-refractivity contribution in [1.29, 1.82) is 0 Å². The molecule has 0 bridgehead atoms. The van der Waals surface area contributed by atoms with E-state index in [2.05, 4.69) is 9.47 Å². The van der Waals surface area contributed by atoms with Gasteiger partial charge in [-0.1, -0.05) is 77.0 Å². The first kappa shape index (κ1) is 21.9. The molecule has 0 amide bonds. The van der Waals surface area contributed by atoms with Crippen LogP contribution < -0.4 is 5.43 Å². The predicted molar refractivity (Wildman–Crippen MR) is 123 cm³/mol. The van der Waals surface area contributed by atoms with Crippen molar-refractivity contribution in [3.63, 3.8) is 0 Å². The number of rotatable bonds is 5. The van der Waals surface area contributed by atoms with Crippen LogP contribution in [0.4, 0.5) is 0 Å². The van der Waals surface area contributed by atoms with Gasteiger partial charge in [-0.15, -0.1) is 0 Å². The zero-order valence-electron chi connectivity index (χ0n) is 18.9. The van der Waals surface area contributed by atoms with Gasteiger partial charge >= 0.3 is 0 Å². The van der Waals surface area contributed by atoms with Gasteiger partial charge in [0.05, 0.1) is 6.20 Å². The number of hydrogen-bond donors (Lipinski definition) is 1. The summed E-state index contributed by atoms with van der Waals surface area (Å²) in [7, 11) is 0. The molecular formula is C26H42N2O2. The lowest BCUT2D eigenvalue weighted by molar-refractivity contribution is 0.151. The fourth-order valence-electron chi connectivity index (χ4n) is 6.40. The summed E-state index contributed by atoms with van der Waals surface area (Å²) in [5.41, 5.74) is 0.842. The van der Waals surface area contributed by atoms with Gasteiger partial charge in [0, 0.05) is 44.4 Å². The number of aromatic hydroxyl groups is 1. The van der Waals surface area contributed by atoms with Crippen molar-refractivity contribution in [2.45, 2.75) is 96.4 Å². The second-order valence-electron chi connectivity index (χ2n) is 10.4. The molecule has 0 radical (unpaired) electrons. The largest absolute Gasteiger partial charge is 0.503 e. The first-order valence-electron chi connectivity index (χ1n) is 12.8. The second kappa shape index (κ2) is 10.8. The van der Waals surface area contributed by atoms with Gasteiger partial charge in [0.25, 0.3) is 0 Å². The van der Waals surface area contributed by atoms with Crippen LogP contribution in [0, 0.1) is 17.8 Å². The molecule has 0 spiro atoms. The average Bonchev–Trinajstić information content (AvgIpc) is 3.23. The molecule has 1 aromatic heterocycles. The summed E-state index contributed by atoms with van der Waals surface area (Å²) in [6.45, 7) is 4.18. The minimum absolute atomic E-state index is 0.114. The van der Waals surface area contributed by atoms with E-state index in [1.807, 2.05) is 0 Å². The molecule has 2 heterocycles. The molecule has 1 unspecified atom stereocenters. The highest BCUT2D eigenvalue weighted by Crippen LogP contribution is 2.37. The predicted octanol–water partition coefficient (Wildman–Crippen LogP) is 5.36. The lowest BCUT2D eigenvalue weighted by Gasteiger charge is -2.34. The summed E-state index contributed by atoms with van der Waals surface area (Å²) in [5.74, 6) is 2.57. The van der Waals surface area contributed by atoms with Crippen molar-refractivity contribution in [2.24, 2.45) is 17.8 Å². The highest BCUT2D eigenvalue weighted by Gasteiger charge is 2.28. The summed E-state index contributed by atoms with van der Waals surface area (Å²) in [6.07, 6.45) is 21.3. The highest BCUT2D eigenvalue weighted by molar-refractivity contribution is 5.21. The van der Waals surface area contributed by atoms with Gasteiger partial charge in [-0.3, -0.25) is 4.79 Å². The van der Waals surface area contributed by atoms with Crippen LogP contribution in [0.1, 0.15) is 89.2 Å². The third-order valence-electron chi connectivity index (χ3n) is 8.21. The standard InChI is InChI=1S/C26H42N2O2/c29-25-18-24-13-14-27(15-16-28(24)20-26(25)30)19-23(22-11-7-3-4-8-12-22)17-21-9-5-1-2-6-10-21/h18,20-23,30H,1-17,19H2. The smallest absolute Gasteiger partial charge is 0.223 e. The summed E-state index contributed by atoms with van der Waals surface area (Å²) in [6, 6.07) is 1.65. The lowest BCUT2D eigenvalue weighted by Crippen LogP contribution is -2.36. The van der Waals surface area contributed by atoms with Gasteiger partial charge in [0.2, 0.25) is 5.43 Å². The van der Waals surface area contributed by atoms with Crippen molar-refractivity contribution >= 4 is 0 Å². The lowest BCUT2D eigenvalue weighted by atomic mass is 9.78. The molecule has 1 atom stereocenters. The monoisotopic (exact) mass is 414 g/mol. The first-order chi connectivity index (χ1) is 14.7. The molecule has 2 aliphatic carbocycles. The van der Waals surface area contributed by atoms with Crippen molar-refractivity contribution in [2.75, 3.05) is 19.6 Å². The van der Waals surface area contributed by atoms with Crippen LogP contribution in [0.3, 0.4) is 0 Å². The molecule has 1 aromatic rings. The molecule has 1 aliphatic heterocycles. The summed E-state index contributed by atoms with van der Waals surface area (Å²) in [4.78, 5) is 14.5. The number of nitrogens with zero attached hydrogens (tertiary/aromatic N) is 2. The topological polar surface area (TPSA) is 45.5 Å². The van der Waals surface area contributed by atoms with Crippen molar-refractivity contribution < 1.29 is 5.11 Å². The fraction of sp³-hybridized carbons (Fsp3) is 0.808. The van der Waals surface area contributed by atoms with Gasteiger partial charge in [0.1, 0.15) is 0 Å². The second-order valence-corrected chi connectivity index (χ2v) is 10.4. The Kier molecular flexibility index (Phi) is 7.92. The first-order valence-corrected chi connectivity index (χ1v) is 12.8. The van der Waals surface area contributed by atoms with E-state index in [0.717, 1.165) is 49.5 Å². The highest BCUT2D eigenvalue weighted by atomic mass is 16.3. The van der Waals surface area contributed by atoms with Gasteiger partial charge in [-0.05, 0) is 24.2 Å². The van der Waals surface area contributed by atoms with E-state index >= 15 is 0 Å². The van der Waals surface area contributed by atoms with Crippen LogP contribution >= 0.6 is 0 Å². The number of pyridine rings is 1. The normalized spacial score (nSPS) is 23.9. The van der Waals surface area contributed by atoms with Gasteiger partial charge in [-0.25, -0.2) is 0 Å². The Morgan fingerprint density at radius 1 is 0.900 bits per heavy atom. The number of aromatic nitrogens is 1. The van der Waals surface area contributed by atoms with Gasteiger partial charge in [0.15, 0.2) is 5.75 Å². The Hall–Kier alpha value is -1.29. The molecule has 4 rings (SSSR count). The van der Waals surface area contributed by atoms with Gasteiger partial charge in [-0.2, -0.15) is 0 Å². The maximum Gasteiger partial charge on any atom is 0.223 e. The molecule has 2 fully saturated rings. The maximum absolute atomic E-state index is 11.9. The van der Waals surface area contributed by atoms with Crippen molar-refractivity contribution in [3.05, 3.63) is 28.2 Å². The van der Waals surface area contributed by atoms with Crippen LogP contribution in [0.25, 0.3) is 0 Å². The molecule has 0 aromatic carbocycles. The zero-order valence-corrected chi connectivity index (χ0v) is 18.9. The van der Waals surface area contributed by atoms with E-state index in [1.165, 1.54) is 90.0 Å². The molecule has 2 saturated carbocycles. The maximum atomic E-state index is 11.9. The van der Waals surface area contributed by atoms with Crippen LogP contribution in [-0.4, -0.2) is 34.2 Å². The number of fused-ring (bicyclic) bond motifs is 1. The van der Waals surface area contributed by atoms with Gasteiger partial charge < -0.3 is 14.6 Å². The van der Waals surface area contributed by atoms with Crippen LogP contribution in [0.5, 0.6) is 5.75 Å². The summed E-state index contributed by atoms with van der Waals surface area (Å²) < 4.78 is 2.10. The van der Waals surface area contributed by atoms with E-state index in [0.29, 0.717) is 0 Å². The Morgan fingerprint density at radius 3 is 2.27 bits per heavy atom. The molecule has 4 nitrogen and oxygen atoms in total. The Balaban J connectivity index is 1.43. The summed E-state index contributed by atoms with van der Waals surface area (Å²) >= 11 is 0. The molecule has 4 heteroatoms. The van der Waals surface area contributed by atoms with E-state index in [-0.39, 0.29) is 11.2 Å². The molecular weight excluding hydrogens is 372 g/mol. The Morgan fingerprint density at radius 2 is 1.57 bits per heavy atom. The third kappa shape index (κ3) is 5.90. The minimum atomic E-state index is -0.237. The van der Waals surface area contributed by atoms with E-state index < -0.39 is 0 Å². The number of hydrogen-bond acceptors (Lipinski definition) is 3. The van der Waals surface area contributed by atoms with E-state index in [9.17, 15) is 9.90 Å². The minimum Gasteiger partial charge on any atom is -0.503 e. The molecule has 1 N–H and O–H groups in total. The van der Waals surface area contributed by atoms with Crippen molar-refractivity contribution in [3.8, 4) is 5.75 Å². The average molecular weight is 415 g/mol. The van der Waals surface area contributed by atoms with Crippen LogP contribution in [-0.2, 0) is 13.0 Å². The van der Waals surface area contributed by atoms with Crippen LogP contribution in [0.2, 0.25) is 0 Å². The van der Waals surface area contributed by atoms with E-state index in [1.54, 1.807) is 12.3 Å². The Labute approximate surface area is 182 Å². The molecule has 168 valence electrons. The zero-order chi connectivity index (χ0) is 20.8. The van der Waals surface area contributed by atoms with Crippen molar-refractivity contribution in [1.82, 2.24) is 9.47 Å². The van der Waals surface area contributed by atoms with Crippen LogP contribution in [0.15, 0.2) is 17.1 Å². The Bertz CT molecular complexity index is 712. The molecule has 30 heavy (non-hydrogen) atoms.